The number of anilines is 1. The number of carbonyl (C=O) groups is 1. The lowest BCUT2D eigenvalue weighted by Gasteiger charge is -2.36. The van der Waals surface area contributed by atoms with Crippen molar-refractivity contribution in [3.63, 3.8) is 0 Å². The summed E-state index contributed by atoms with van der Waals surface area (Å²) in [7, 11) is 0. The Morgan fingerprint density at radius 1 is 1.33 bits per heavy atom. The Morgan fingerprint density at radius 3 is 2.79 bits per heavy atom. The van der Waals surface area contributed by atoms with Crippen LogP contribution in [0.5, 0.6) is 0 Å². The second-order valence-corrected chi connectivity index (χ2v) is 7.78. The van der Waals surface area contributed by atoms with E-state index in [1.54, 1.807) is 11.3 Å². The number of urea groups is 1. The Morgan fingerprint density at radius 2 is 2.12 bits per heavy atom. The van der Waals surface area contributed by atoms with Crippen LogP contribution >= 0.6 is 11.3 Å². The molecule has 0 radical (unpaired) electrons. The average Bonchev–Trinajstić information content (AvgIpc) is 2.95. The number of hydrogen-bond acceptors (Lipinski definition) is 3. The van der Waals surface area contributed by atoms with Gasteiger partial charge in [-0.2, -0.15) is 0 Å². The van der Waals surface area contributed by atoms with Crippen LogP contribution < -0.4 is 5.32 Å². The quantitative estimate of drug-likeness (QED) is 0.826. The summed E-state index contributed by atoms with van der Waals surface area (Å²) in [6.45, 7) is 9.30. The predicted octanol–water partition coefficient (Wildman–Crippen LogP) is 5.08. The summed E-state index contributed by atoms with van der Waals surface area (Å²) in [5.41, 5.74) is 4.12. The van der Waals surface area contributed by atoms with E-state index in [1.165, 1.54) is 5.56 Å². The molecule has 5 heteroatoms. The first kappa shape index (κ1) is 17.0. The Balaban J connectivity index is 1.77. The van der Waals surface area contributed by atoms with Gasteiger partial charge in [0.05, 0.1) is 0 Å². The fourth-order valence-electron chi connectivity index (χ4n) is 3.31. The zero-order chi connectivity index (χ0) is 17.3. The van der Waals surface area contributed by atoms with Gasteiger partial charge >= 0.3 is 6.03 Å². The molecule has 0 saturated carbocycles. The molecule has 2 amide bonds. The molecular weight excluding hydrogens is 318 g/mol. The van der Waals surface area contributed by atoms with Gasteiger partial charge in [-0.15, -0.1) is 11.3 Å². The molecule has 1 saturated heterocycles. The van der Waals surface area contributed by atoms with Crippen molar-refractivity contribution in [2.75, 3.05) is 11.9 Å². The molecule has 0 aliphatic carbocycles. The minimum Gasteiger partial charge on any atom is -0.322 e. The molecule has 2 aromatic rings. The van der Waals surface area contributed by atoms with Crippen molar-refractivity contribution in [3.05, 3.63) is 34.8 Å². The van der Waals surface area contributed by atoms with Crippen molar-refractivity contribution >= 4 is 23.1 Å². The van der Waals surface area contributed by atoms with E-state index in [0.717, 1.165) is 41.3 Å². The van der Waals surface area contributed by atoms with Crippen LogP contribution in [0.3, 0.4) is 0 Å². The van der Waals surface area contributed by atoms with E-state index in [1.807, 2.05) is 30.0 Å². The van der Waals surface area contributed by atoms with Crippen molar-refractivity contribution in [3.8, 4) is 10.6 Å². The van der Waals surface area contributed by atoms with E-state index in [-0.39, 0.29) is 6.03 Å². The number of benzene rings is 1. The van der Waals surface area contributed by atoms with Gasteiger partial charge in [-0.05, 0) is 57.2 Å². The number of amides is 2. The first-order chi connectivity index (χ1) is 11.4. The third-order valence-corrected chi connectivity index (χ3v) is 5.73. The minimum atomic E-state index is -0.000442. The summed E-state index contributed by atoms with van der Waals surface area (Å²) in [6, 6.07) is 6.33. The summed E-state index contributed by atoms with van der Waals surface area (Å²) in [6.07, 6.45) is 2.15. The summed E-state index contributed by atoms with van der Waals surface area (Å²) in [5.74, 6) is 0.697. The first-order valence-electron chi connectivity index (χ1n) is 8.55. The number of thiazole rings is 1. The zero-order valence-electron chi connectivity index (χ0n) is 14.8. The Labute approximate surface area is 147 Å². The number of aromatic nitrogens is 1. The van der Waals surface area contributed by atoms with Crippen LogP contribution in [0.2, 0.25) is 0 Å². The number of likely N-dealkylation sites (tertiary alicyclic amines) is 1. The molecule has 2 atom stereocenters. The third kappa shape index (κ3) is 3.61. The predicted molar refractivity (Wildman–Crippen MR) is 101 cm³/mol. The third-order valence-electron chi connectivity index (χ3n) is 4.74. The standard InChI is InChI=1S/C19H25N3OS/c1-12-7-8-22(15(4)9-12)19(23)21-16-6-5-13(2)17(10-16)18-20-14(3)11-24-18/h5-6,10-12,15H,7-9H2,1-4H3,(H,21,23)/t12-,15-/m1/s1. The first-order valence-corrected chi connectivity index (χ1v) is 9.43. The Kier molecular flexibility index (Phi) is 4.90. The lowest BCUT2D eigenvalue weighted by Crippen LogP contribution is -2.46. The number of rotatable bonds is 2. The lowest BCUT2D eigenvalue weighted by molar-refractivity contribution is 0.150. The van der Waals surface area contributed by atoms with Crippen molar-refractivity contribution in [1.82, 2.24) is 9.88 Å². The molecule has 1 aromatic carbocycles. The van der Waals surface area contributed by atoms with Gasteiger partial charge in [-0.25, -0.2) is 9.78 Å². The Bertz CT molecular complexity index is 740. The van der Waals surface area contributed by atoms with Gasteiger partial charge in [0.15, 0.2) is 0 Å². The van der Waals surface area contributed by atoms with E-state index in [0.29, 0.717) is 12.0 Å². The molecule has 0 spiro atoms. The lowest BCUT2D eigenvalue weighted by atomic mass is 9.94. The van der Waals surface area contributed by atoms with E-state index in [9.17, 15) is 4.79 Å². The van der Waals surface area contributed by atoms with Crippen molar-refractivity contribution in [2.45, 2.75) is 46.6 Å². The number of hydrogen-bond donors (Lipinski definition) is 1. The van der Waals surface area contributed by atoms with E-state index in [4.69, 9.17) is 0 Å². The molecule has 1 aromatic heterocycles. The summed E-state index contributed by atoms with van der Waals surface area (Å²) in [4.78, 5) is 19.1. The molecule has 128 valence electrons. The van der Waals surface area contributed by atoms with Gasteiger partial charge in [-0.1, -0.05) is 13.0 Å². The van der Waals surface area contributed by atoms with Crippen LogP contribution in [-0.4, -0.2) is 28.5 Å². The molecule has 0 bridgehead atoms. The molecule has 24 heavy (non-hydrogen) atoms. The van der Waals surface area contributed by atoms with Gasteiger partial charge in [-0.3, -0.25) is 0 Å². The van der Waals surface area contributed by atoms with Gasteiger partial charge < -0.3 is 10.2 Å². The second kappa shape index (κ2) is 6.93. The topological polar surface area (TPSA) is 45.2 Å². The second-order valence-electron chi connectivity index (χ2n) is 6.93. The van der Waals surface area contributed by atoms with Crippen LogP contribution in [0, 0.1) is 19.8 Å². The number of aryl methyl sites for hydroxylation is 2. The monoisotopic (exact) mass is 343 g/mol. The normalized spacial score (nSPS) is 20.9. The maximum absolute atomic E-state index is 12.6. The summed E-state index contributed by atoms with van der Waals surface area (Å²) >= 11 is 1.64. The van der Waals surface area contributed by atoms with Crippen molar-refractivity contribution < 1.29 is 4.79 Å². The Hall–Kier alpha value is -1.88. The van der Waals surface area contributed by atoms with Crippen LogP contribution in [0.1, 0.15) is 37.9 Å². The SMILES string of the molecule is Cc1csc(-c2cc(NC(=O)N3CC[C@@H](C)C[C@H]3C)ccc2C)n1. The van der Waals surface area contributed by atoms with Gasteiger partial charge in [0.1, 0.15) is 5.01 Å². The number of carbonyl (C=O) groups excluding carboxylic acids is 1. The van der Waals surface area contributed by atoms with Crippen molar-refractivity contribution in [1.29, 1.82) is 0 Å². The smallest absolute Gasteiger partial charge is 0.322 e. The molecule has 0 unspecified atom stereocenters. The zero-order valence-corrected chi connectivity index (χ0v) is 15.6. The van der Waals surface area contributed by atoms with Crippen LogP contribution in [0.15, 0.2) is 23.6 Å². The molecule has 4 nitrogen and oxygen atoms in total. The van der Waals surface area contributed by atoms with Crippen molar-refractivity contribution in [2.24, 2.45) is 5.92 Å². The van der Waals surface area contributed by atoms with Crippen LogP contribution in [0.4, 0.5) is 10.5 Å². The van der Waals surface area contributed by atoms with Crippen LogP contribution in [-0.2, 0) is 0 Å². The molecule has 3 rings (SSSR count). The van der Waals surface area contributed by atoms with Gasteiger partial charge in [0.2, 0.25) is 0 Å². The number of nitrogens with one attached hydrogen (secondary N) is 1. The fraction of sp³-hybridized carbons (Fsp3) is 0.474. The van der Waals surface area contributed by atoms with E-state index in [2.05, 4.69) is 36.5 Å². The largest absolute Gasteiger partial charge is 0.322 e. The molecule has 2 heterocycles. The molecule has 1 fully saturated rings. The highest BCUT2D eigenvalue weighted by molar-refractivity contribution is 7.13. The van der Waals surface area contributed by atoms with E-state index < -0.39 is 0 Å². The molecule has 1 aliphatic heterocycles. The fourth-order valence-corrected chi connectivity index (χ4v) is 4.19. The molecule has 1 aliphatic rings. The maximum Gasteiger partial charge on any atom is 0.322 e. The number of piperidine rings is 1. The van der Waals surface area contributed by atoms with E-state index >= 15 is 0 Å². The summed E-state index contributed by atoms with van der Waals surface area (Å²) < 4.78 is 0. The minimum absolute atomic E-state index is 0.000442. The summed E-state index contributed by atoms with van der Waals surface area (Å²) in [5, 5.41) is 6.12. The number of nitrogens with zero attached hydrogens (tertiary/aromatic N) is 2. The maximum atomic E-state index is 12.6. The molecule has 1 N–H and O–H groups in total. The van der Waals surface area contributed by atoms with Gasteiger partial charge in [0, 0.05) is 34.9 Å². The van der Waals surface area contributed by atoms with Gasteiger partial charge in [0.25, 0.3) is 0 Å². The highest BCUT2D eigenvalue weighted by atomic mass is 32.1. The molecular formula is C19H25N3OS. The van der Waals surface area contributed by atoms with Crippen LogP contribution in [0.25, 0.3) is 10.6 Å². The average molecular weight is 343 g/mol. The highest BCUT2D eigenvalue weighted by Crippen LogP contribution is 2.30. The highest BCUT2D eigenvalue weighted by Gasteiger charge is 2.26.